The number of hydrogen-bond acceptors (Lipinski definition) is 5. The number of nitrogens with zero attached hydrogens (tertiary/aromatic N) is 3. The summed E-state index contributed by atoms with van der Waals surface area (Å²) in [7, 11) is 2.12. The zero-order valence-corrected chi connectivity index (χ0v) is 17.1. The lowest BCUT2D eigenvalue weighted by molar-refractivity contribution is -0.122. The van der Waals surface area contributed by atoms with Crippen molar-refractivity contribution in [1.82, 2.24) is 20.5 Å². The molecule has 2 amide bonds. The maximum atomic E-state index is 12.6. The van der Waals surface area contributed by atoms with Crippen LogP contribution >= 0.6 is 0 Å². The molecule has 2 aromatic rings. The number of amides is 2. The third-order valence-electron chi connectivity index (χ3n) is 5.12. The Labute approximate surface area is 172 Å². The van der Waals surface area contributed by atoms with E-state index in [0.717, 1.165) is 43.1 Å². The highest BCUT2D eigenvalue weighted by molar-refractivity contribution is 5.79. The summed E-state index contributed by atoms with van der Waals surface area (Å²) >= 11 is 0. The van der Waals surface area contributed by atoms with Gasteiger partial charge in [0.1, 0.15) is 5.82 Å². The summed E-state index contributed by atoms with van der Waals surface area (Å²) in [6, 6.07) is 13.1. The normalized spacial score (nSPS) is 15.6. The van der Waals surface area contributed by atoms with E-state index in [0.29, 0.717) is 6.54 Å². The van der Waals surface area contributed by atoms with Crippen LogP contribution in [0, 0.1) is 0 Å². The first-order valence-electron chi connectivity index (χ1n) is 9.99. The Bertz CT molecular complexity index is 819. The number of anilines is 1. The summed E-state index contributed by atoms with van der Waals surface area (Å²) in [4.78, 5) is 33.3. The van der Waals surface area contributed by atoms with Crippen molar-refractivity contribution in [3.8, 4) is 0 Å². The molecule has 1 aliphatic heterocycles. The van der Waals surface area contributed by atoms with Gasteiger partial charge < -0.3 is 20.4 Å². The number of carbonyl (C=O) groups is 2. The smallest absolute Gasteiger partial charge is 0.222 e. The van der Waals surface area contributed by atoms with E-state index in [-0.39, 0.29) is 24.3 Å². The summed E-state index contributed by atoms with van der Waals surface area (Å²) in [5.41, 5.74) is 1.92. The van der Waals surface area contributed by atoms with E-state index >= 15 is 0 Å². The molecule has 1 aliphatic rings. The van der Waals surface area contributed by atoms with Crippen LogP contribution in [0.5, 0.6) is 0 Å². The summed E-state index contributed by atoms with van der Waals surface area (Å²) in [5, 5.41) is 5.86. The number of likely N-dealkylation sites (N-methyl/N-ethyl adjacent to an activating group) is 1. The zero-order valence-electron chi connectivity index (χ0n) is 17.1. The van der Waals surface area contributed by atoms with Gasteiger partial charge in [-0.05, 0) is 18.7 Å². The fourth-order valence-corrected chi connectivity index (χ4v) is 3.51. The molecule has 1 saturated heterocycles. The number of nitrogens with one attached hydrogen (secondary N) is 2. The molecule has 1 aromatic carbocycles. The van der Waals surface area contributed by atoms with Crippen LogP contribution in [0.25, 0.3) is 0 Å². The fraction of sp³-hybridized carbons (Fsp3) is 0.409. The molecule has 0 aliphatic carbocycles. The molecule has 2 N–H and O–H groups in total. The minimum Gasteiger partial charge on any atom is -0.354 e. The molecule has 1 atom stereocenters. The highest BCUT2D eigenvalue weighted by atomic mass is 16.2. The van der Waals surface area contributed by atoms with Gasteiger partial charge in [0.2, 0.25) is 11.8 Å². The molecule has 0 saturated carbocycles. The minimum absolute atomic E-state index is 0.110. The van der Waals surface area contributed by atoms with Crippen molar-refractivity contribution in [2.24, 2.45) is 0 Å². The van der Waals surface area contributed by atoms with Crippen molar-refractivity contribution < 1.29 is 9.59 Å². The number of pyridine rings is 1. The van der Waals surface area contributed by atoms with E-state index in [1.807, 2.05) is 42.5 Å². The maximum absolute atomic E-state index is 12.6. The number of aromatic nitrogens is 1. The number of rotatable bonds is 7. The van der Waals surface area contributed by atoms with Crippen molar-refractivity contribution in [3.63, 3.8) is 0 Å². The van der Waals surface area contributed by atoms with E-state index in [1.54, 1.807) is 6.20 Å². The second-order valence-electron chi connectivity index (χ2n) is 7.42. The number of piperazine rings is 1. The third-order valence-corrected chi connectivity index (χ3v) is 5.12. The Morgan fingerprint density at radius 3 is 2.48 bits per heavy atom. The average molecular weight is 396 g/mol. The van der Waals surface area contributed by atoms with Crippen molar-refractivity contribution >= 4 is 17.6 Å². The second-order valence-corrected chi connectivity index (χ2v) is 7.42. The molecule has 154 valence electrons. The zero-order chi connectivity index (χ0) is 20.6. The van der Waals surface area contributed by atoms with E-state index in [9.17, 15) is 9.59 Å². The number of benzene rings is 1. The number of carbonyl (C=O) groups excluding carboxylic acids is 2. The van der Waals surface area contributed by atoms with Crippen LogP contribution in [0.2, 0.25) is 0 Å². The van der Waals surface area contributed by atoms with Gasteiger partial charge in [-0.3, -0.25) is 9.59 Å². The van der Waals surface area contributed by atoms with Gasteiger partial charge in [-0.2, -0.15) is 0 Å². The van der Waals surface area contributed by atoms with Crippen LogP contribution in [0.4, 0.5) is 5.82 Å². The quantitative estimate of drug-likeness (QED) is 0.746. The van der Waals surface area contributed by atoms with Crippen LogP contribution in [0.1, 0.15) is 30.5 Å². The first kappa shape index (κ1) is 20.8. The lowest BCUT2D eigenvalue weighted by Gasteiger charge is -2.34. The van der Waals surface area contributed by atoms with Crippen molar-refractivity contribution in [2.45, 2.75) is 25.9 Å². The molecule has 7 heteroatoms. The SMILES string of the molecule is CC(=O)NC(CC(=O)NCc1cccnc1N1CCN(C)CC1)c1ccccc1. The van der Waals surface area contributed by atoms with Crippen LogP contribution in [-0.4, -0.2) is 54.9 Å². The molecule has 29 heavy (non-hydrogen) atoms. The first-order chi connectivity index (χ1) is 14.0. The Hall–Kier alpha value is -2.93. The highest BCUT2D eigenvalue weighted by Gasteiger charge is 2.20. The van der Waals surface area contributed by atoms with Crippen LogP contribution in [0.15, 0.2) is 48.7 Å². The topological polar surface area (TPSA) is 77.6 Å². The Morgan fingerprint density at radius 1 is 1.07 bits per heavy atom. The van der Waals surface area contributed by atoms with Crippen LogP contribution < -0.4 is 15.5 Å². The van der Waals surface area contributed by atoms with Gasteiger partial charge in [0.05, 0.1) is 12.5 Å². The number of hydrogen-bond donors (Lipinski definition) is 2. The highest BCUT2D eigenvalue weighted by Crippen LogP contribution is 2.20. The first-order valence-corrected chi connectivity index (χ1v) is 9.99. The molecule has 0 bridgehead atoms. The predicted molar refractivity (Wildman–Crippen MR) is 113 cm³/mol. The van der Waals surface area contributed by atoms with Gasteiger partial charge in [0.15, 0.2) is 0 Å². The van der Waals surface area contributed by atoms with Crippen LogP contribution in [0.3, 0.4) is 0 Å². The molecule has 7 nitrogen and oxygen atoms in total. The Morgan fingerprint density at radius 2 is 1.79 bits per heavy atom. The second kappa shape index (κ2) is 10.0. The van der Waals surface area contributed by atoms with Gasteiger partial charge in [0.25, 0.3) is 0 Å². The van der Waals surface area contributed by atoms with Gasteiger partial charge in [-0.25, -0.2) is 4.98 Å². The molecule has 0 radical (unpaired) electrons. The summed E-state index contributed by atoms with van der Waals surface area (Å²) in [6.45, 7) is 5.72. The van der Waals surface area contributed by atoms with Gasteiger partial charge >= 0.3 is 0 Å². The molecular formula is C22H29N5O2. The lowest BCUT2D eigenvalue weighted by Crippen LogP contribution is -2.45. The average Bonchev–Trinajstić information content (AvgIpc) is 2.73. The Balaban J connectivity index is 1.62. The molecule has 1 unspecified atom stereocenters. The molecule has 1 aromatic heterocycles. The van der Waals surface area contributed by atoms with Gasteiger partial charge in [0, 0.05) is 51.4 Å². The maximum Gasteiger partial charge on any atom is 0.222 e. The van der Waals surface area contributed by atoms with E-state index in [4.69, 9.17) is 0 Å². The molecule has 3 rings (SSSR count). The predicted octanol–water partition coefficient (Wildman–Crippen LogP) is 1.72. The third kappa shape index (κ3) is 6.02. The van der Waals surface area contributed by atoms with Crippen molar-refractivity contribution in [2.75, 3.05) is 38.1 Å². The van der Waals surface area contributed by atoms with E-state index < -0.39 is 0 Å². The fourth-order valence-electron chi connectivity index (χ4n) is 3.51. The summed E-state index contributed by atoms with van der Waals surface area (Å²) in [5.74, 6) is 0.666. The Kier molecular flexibility index (Phi) is 7.19. The largest absolute Gasteiger partial charge is 0.354 e. The molecule has 0 spiro atoms. The van der Waals surface area contributed by atoms with E-state index in [2.05, 4.69) is 32.5 Å². The minimum atomic E-state index is -0.347. The van der Waals surface area contributed by atoms with Gasteiger partial charge in [-0.15, -0.1) is 0 Å². The van der Waals surface area contributed by atoms with Crippen LogP contribution in [-0.2, 0) is 16.1 Å². The van der Waals surface area contributed by atoms with Gasteiger partial charge in [-0.1, -0.05) is 36.4 Å². The van der Waals surface area contributed by atoms with Crippen molar-refractivity contribution in [1.29, 1.82) is 0 Å². The molecular weight excluding hydrogens is 366 g/mol. The standard InChI is InChI=1S/C22H29N5O2/c1-17(28)25-20(18-7-4-3-5-8-18)15-21(29)24-16-19-9-6-10-23-22(19)27-13-11-26(2)12-14-27/h3-10,20H,11-16H2,1-2H3,(H,24,29)(H,25,28). The monoisotopic (exact) mass is 395 g/mol. The summed E-state index contributed by atoms with van der Waals surface area (Å²) < 4.78 is 0. The summed E-state index contributed by atoms with van der Waals surface area (Å²) in [6.07, 6.45) is 1.98. The van der Waals surface area contributed by atoms with Crippen molar-refractivity contribution in [3.05, 3.63) is 59.8 Å². The van der Waals surface area contributed by atoms with E-state index in [1.165, 1.54) is 6.92 Å². The lowest BCUT2D eigenvalue weighted by atomic mass is 10.0. The molecule has 2 heterocycles. The molecule has 1 fully saturated rings.